The Morgan fingerprint density at radius 2 is 1.27 bits per heavy atom. The molecule has 0 saturated carbocycles. The van der Waals surface area contributed by atoms with Crippen LogP contribution < -0.4 is 10.4 Å². The number of allylic oxidation sites excluding steroid dienone is 10. The van der Waals surface area contributed by atoms with Gasteiger partial charge >= 0.3 is 0 Å². The molecule has 0 aliphatic heterocycles. The van der Waals surface area contributed by atoms with E-state index in [0.29, 0.717) is 11.3 Å². The maximum absolute atomic E-state index is 4.60. The van der Waals surface area contributed by atoms with Crippen LogP contribution in [-0.2, 0) is 5.41 Å². The van der Waals surface area contributed by atoms with Crippen LogP contribution >= 0.6 is 0 Å². The predicted octanol–water partition coefficient (Wildman–Crippen LogP) is 17.9. The molecule has 342 valence electrons. The first kappa shape index (κ1) is 62.0. The topological polar surface area (TPSA) is 0 Å². The molecule has 0 nitrogen and oxygen atoms in total. The van der Waals surface area contributed by atoms with Gasteiger partial charge in [-0.05, 0) is 142 Å². The molecule has 1 aliphatic carbocycles. The van der Waals surface area contributed by atoms with Crippen LogP contribution in [0.5, 0.6) is 0 Å². The van der Waals surface area contributed by atoms with Gasteiger partial charge in [-0.3, -0.25) is 0 Å². The van der Waals surface area contributed by atoms with Gasteiger partial charge < -0.3 is 0 Å². The Bertz CT molecular complexity index is 2160. The Hall–Kier alpha value is -5.30. The molecule has 0 N–H and O–H groups in total. The molecule has 0 bridgehead atoms. The van der Waals surface area contributed by atoms with Crippen molar-refractivity contribution in [2.24, 2.45) is 5.41 Å². The van der Waals surface area contributed by atoms with E-state index < -0.39 is 0 Å². The van der Waals surface area contributed by atoms with Crippen molar-refractivity contribution in [3.8, 4) is 25.2 Å². The average Bonchev–Trinajstić information content (AvgIpc) is 3.24. The summed E-state index contributed by atoms with van der Waals surface area (Å²) in [7, 11) is 0. The first-order chi connectivity index (χ1) is 29.7. The molecule has 0 spiro atoms. The highest BCUT2D eigenvalue weighted by molar-refractivity contribution is 5.91. The number of hydrogen-bond acceptors (Lipinski definition) is 0. The third-order valence-corrected chi connectivity index (χ3v) is 9.48. The highest BCUT2D eigenvalue weighted by Gasteiger charge is 2.16. The fraction of sp³-hybridized carbons (Fsp3) is 0.397. The smallest absolute Gasteiger partial charge is 0.00297 e. The van der Waals surface area contributed by atoms with Crippen molar-refractivity contribution in [1.82, 2.24) is 0 Å². The summed E-state index contributed by atoms with van der Waals surface area (Å²) in [4.78, 5) is 0. The molecule has 0 aromatic heterocycles. The normalized spacial score (nSPS) is 12.6. The summed E-state index contributed by atoms with van der Waals surface area (Å²) in [5, 5.41) is 5.67. The lowest BCUT2D eigenvalue weighted by atomic mass is 9.84. The zero-order chi connectivity index (χ0) is 49.2. The summed E-state index contributed by atoms with van der Waals surface area (Å²) in [6.45, 7) is 42.6. The molecule has 0 saturated heterocycles. The van der Waals surface area contributed by atoms with Gasteiger partial charge in [0.2, 0.25) is 0 Å². The van der Waals surface area contributed by atoms with Crippen molar-refractivity contribution < 1.29 is 0 Å². The summed E-state index contributed by atoms with van der Waals surface area (Å²) in [6.07, 6.45) is 34.5. The zero-order valence-corrected chi connectivity index (χ0v) is 43.9. The van der Waals surface area contributed by atoms with E-state index >= 15 is 0 Å². The van der Waals surface area contributed by atoms with E-state index in [1.54, 1.807) is 6.92 Å². The van der Waals surface area contributed by atoms with Gasteiger partial charge in [0.15, 0.2) is 0 Å². The van der Waals surface area contributed by atoms with Crippen molar-refractivity contribution in [1.29, 1.82) is 0 Å². The monoisotopic (exact) mass is 847 g/mol. The van der Waals surface area contributed by atoms with Crippen LogP contribution in [0.3, 0.4) is 0 Å². The first-order valence-electron chi connectivity index (χ1n) is 22.9. The Labute approximate surface area is 390 Å². The van der Waals surface area contributed by atoms with Crippen LogP contribution in [0.25, 0.3) is 22.9 Å². The molecule has 0 heterocycles. The molecule has 0 amide bonds. The number of hydrogen-bond donors (Lipinski definition) is 0. The van der Waals surface area contributed by atoms with Crippen LogP contribution in [0, 0.1) is 51.4 Å². The quantitative estimate of drug-likeness (QED) is 0.142. The summed E-state index contributed by atoms with van der Waals surface area (Å²) in [6, 6.07) is 28.1. The Balaban J connectivity index is -0.000000728. The summed E-state index contributed by atoms with van der Waals surface area (Å²) in [5.74, 6) is 2.85. The van der Waals surface area contributed by atoms with Gasteiger partial charge in [0.25, 0.3) is 0 Å². The maximum Gasteiger partial charge on any atom is -0.00297 e. The minimum absolute atomic E-state index is 0.285. The molecule has 1 atom stereocenters. The molecule has 0 heteroatoms. The van der Waals surface area contributed by atoms with E-state index in [1.807, 2.05) is 51.1 Å². The molecule has 63 heavy (non-hydrogen) atoms. The summed E-state index contributed by atoms with van der Waals surface area (Å²) < 4.78 is 0. The van der Waals surface area contributed by atoms with E-state index in [1.165, 1.54) is 65.7 Å². The minimum atomic E-state index is 0.285. The molecular formula is C63H90. The standard InChI is InChI=1S/C20H22.C11H16.C11H20.C7H8.C7H12.C3H4.C2H6.C2H2/c1-13(2)5-8-16-11-12-18-14(3)6-9-17-10-7-15(4)19(16)20(17)18;1-9-5-7-10(8-6-9)11(2,3)4;1-6-8-9-10(7-2)11(3,4)5;1-7-5-3-2-4-6-7;1-4-5-6-7(2)3;1-3-2;2*1-2/h5-6,8-12,15H,7H2,1-4H3;5-8H,1-4H3;7-9H,6H2,1-5H3;2-6H,1H3;4-6H,1-3H3;1H,2H3;1-2H3;1-2H/b16-8-;;9-8-,10-7+;;5-4-;;;. The highest BCUT2D eigenvalue weighted by atomic mass is 14.2. The minimum Gasteiger partial charge on any atom is -0.124 e. The second-order valence-electron chi connectivity index (χ2n) is 17.8. The van der Waals surface area contributed by atoms with Crippen LogP contribution in [0.2, 0.25) is 0 Å². The van der Waals surface area contributed by atoms with Gasteiger partial charge in [-0.1, -0.05) is 225 Å². The lowest BCUT2D eigenvalue weighted by Gasteiger charge is -2.20. The molecule has 1 aliphatic rings. The molecule has 0 fully saturated rings. The molecule has 0 radical (unpaired) electrons. The van der Waals surface area contributed by atoms with E-state index in [9.17, 15) is 0 Å². The molecule has 4 aromatic rings. The Morgan fingerprint density at radius 3 is 1.67 bits per heavy atom. The summed E-state index contributed by atoms with van der Waals surface area (Å²) in [5.41, 5.74) is 11.6. The maximum atomic E-state index is 4.60. The van der Waals surface area contributed by atoms with E-state index in [4.69, 9.17) is 0 Å². The second-order valence-corrected chi connectivity index (χ2v) is 17.8. The summed E-state index contributed by atoms with van der Waals surface area (Å²) >= 11 is 0. The fourth-order valence-corrected chi connectivity index (χ4v) is 6.09. The third-order valence-electron chi connectivity index (χ3n) is 9.48. The van der Waals surface area contributed by atoms with Gasteiger partial charge in [-0.15, -0.1) is 25.2 Å². The van der Waals surface area contributed by atoms with Crippen molar-refractivity contribution in [2.75, 3.05) is 0 Å². The van der Waals surface area contributed by atoms with E-state index in [0.717, 1.165) is 12.8 Å². The van der Waals surface area contributed by atoms with Crippen LogP contribution in [-0.4, -0.2) is 0 Å². The number of rotatable bonds is 4. The predicted molar refractivity (Wildman–Crippen MR) is 293 cm³/mol. The number of benzene rings is 4. The van der Waals surface area contributed by atoms with Crippen molar-refractivity contribution >= 4 is 22.9 Å². The lowest BCUT2D eigenvalue weighted by molar-refractivity contribution is 0.516. The zero-order valence-electron chi connectivity index (χ0n) is 43.9. The lowest BCUT2D eigenvalue weighted by Crippen LogP contribution is -2.21. The van der Waals surface area contributed by atoms with Crippen LogP contribution in [0.1, 0.15) is 164 Å². The fourth-order valence-electron chi connectivity index (χ4n) is 6.09. The van der Waals surface area contributed by atoms with E-state index in [2.05, 4.69) is 239 Å². The van der Waals surface area contributed by atoms with Crippen molar-refractivity contribution in [2.45, 2.75) is 163 Å². The second kappa shape index (κ2) is 35.2. The number of aryl methyl sites for hydroxylation is 3. The van der Waals surface area contributed by atoms with Gasteiger partial charge in [0.1, 0.15) is 0 Å². The van der Waals surface area contributed by atoms with Gasteiger partial charge in [-0.25, -0.2) is 0 Å². The first-order valence-corrected chi connectivity index (χ1v) is 22.9. The van der Waals surface area contributed by atoms with Crippen LogP contribution in [0.4, 0.5) is 0 Å². The van der Waals surface area contributed by atoms with Gasteiger partial charge in [-0.2, -0.15) is 0 Å². The van der Waals surface area contributed by atoms with Crippen LogP contribution in [0.15, 0.2) is 138 Å². The highest BCUT2D eigenvalue weighted by Crippen LogP contribution is 2.28. The number of terminal acetylenes is 2. The molecule has 1 unspecified atom stereocenters. The molecule has 5 rings (SSSR count). The molecule has 4 aromatic carbocycles. The van der Waals surface area contributed by atoms with Gasteiger partial charge in [0.05, 0.1) is 0 Å². The average molecular weight is 847 g/mol. The van der Waals surface area contributed by atoms with Crippen molar-refractivity contribution in [3.63, 3.8) is 0 Å². The van der Waals surface area contributed by atoms with Gasteiger partial charge in [0, 0.05) is 0 Å². The molecular weight excluding hydrogens is 757 g/mol. The van der Waals surface area contributed by atoms with Crippen molar-refractivity contribution in [3.05, 3.63) is 176 Å². The SMILES string of the molecule is C#C.C#CC.C/C=C(\C=C/CC)C(C)(C)C.C/C=C\C=C(C)C.CC.CC(C)=C/C=c1/ccc2c(C)ccc3c2c1C(C)CC=3.Cc1ccc(C(C)(C)C)cc1.Cc1ccccc1. The Kier molecular flexibility index (Phi) is 34.6. The Morgan fingerprint density at radius 1 is 0.746 bits per heavy atom. The van der Waals surface area contributed by atoms with E-state index in [-0.39, 0.29) is 5.41 Å². The third kappa shape index (κ3) is 27.4. The largest absolute Gasteiger partial charge is 0.124 e.